The van der Waals surface area contributed by atoms with Crippen LogP contribution in [-0.4, -0.2) is 67.3 Å². The number of benzene rings is 2. The lowest BCUT2D eigenvalue weighted by Crippen LogP contribution is -2.48. The summed E-state index contributed by atoms with van der Waals surface area (Å²) in [6.45, 7) is 13.7. The molecule has 47 heavy (non-hydrogen) atoms. The highest BCUT2D eigenvalue weighted by Gasteiger charge is 2.31. The number of hydrogen-bond acceptors (Lipinski definition) is 7. The summed E-state index contributed by atoms with van der Waals surface area (Å²) >= 11 is 0. The molecule has 2 amide bonds. The van der Waals surface area contributed by atoms with Crippen LogP contribution in [0.2, 0.25) is 0 Å². The molecule has 11 nitrogen and oxygen atoms in total. The average Bonchev–Trinajstić information content (AvgIpc) is 3.59. The number of fused-ring (bicyclic) bond motifs is 2. The van der Waals surface area contributed by atoms with E-state index in [1.54, 1.807) is 10.7 Å². The molecule has 0 aliphatic carbocycles. The molecule has 0 saturated carbocycles. The Balaban J connectivity index is 1.23. The van der Waals surface area contributed by atoms with Gasteiger partial charge in [-0.2, -0.15) is 5.10 Å². The molecule has 4 heterocycles. The Bertz CT molecular complexity index is 1950. The number of nitrogens with one attached hydrogen (secondary N) is 1. The predicted molar refractivity (Wildman–Crippen MR) is 184 cm³/mol. The van der Waals surface area contributed by atoms with E-state index < -0.39 is 5.60 Å². The molecule has 5 aromatic rings. The molecule has 0 unspecified atom stereocenters. The van der Waals surface area contributed by atoms with Gasteiger partial charge in [-0.05, 0) is 78.1 Å². The maximum absolute atomic E-state index is 13.8. The maximum Gasteiger partial charge on any atom is 0.410 e. The van der Waals surface area contributed by atoms with Gasteiger partial charge in [-0.15, -0.1) is 0 Å². The molecular formula is C36H43N7O4. The Hall–Kier alpha value is -5.06. The first kappa shape index (κ1) is 31.9. The third kappa shape index (κ3) is 6.74. The number of para-hydroxylation sites is 1. The summed E-state index contributed by atoms with van der Waals surface area (Å²) in [7, 11) is 1.86. The first-order valence-electron chi connectivity index (χ1n) is 16.2. The van der Waals surface area contributed by atoms with Crippen molar-refractivity contribution in [3.8, 4) is 11.5 Å². The number of aryl methyl sites for hydroxylation is 3. The van der Waals surface area contributed by atoms with E-state index in [1.165, 1.54) is 0 Å². The van der Waals surface area contributed by atoms with E-state index in [0.717, 1.165) is 54.0 Å². The van der Waals surface area contributed by atoms with Crippen molar-refractivity contribution in [2.45, 2.75) is 66.0 Å². The Kier molecular flexibility index (Phi) is 8.57. The van der Waals surface area contributed by atoms with E-state index >= 15 is 0 Å². The van der Waals surface area contributed by atoms with Gasteiger partial charge in [-0.25, -0.2) is 9.78 Å². The Morgan fingerprint density at radius 2 is 1.77 bits per heavy atom. The SMILES string of the molecule is CCN(C(=O)OC(C)(C)C)C1CCN(c2ccc(C(=O)Nc3cc(Oc4ccccc4C)c4nc(C)cn4c3)c3nn(C)cc23)CC1. The summed E-state index contributed by atoms with van der Waals surface area (Å²) in [5, 5.41) is 8.68. The molecule has 1 aliphatic rings. The Labute approximate surface area is 275 Å². The number of pyridine rings is 1. The van der Waals surface area contributed by atoms with Gasteiger partial charge in [0.2, 0.25) is 0 Å². The summed E-state index contributed by atoms with van der Waals surface area (Å²) in [6.07, 6.45) is 7.07. The molecule has 6 rings (SSSR count). The van der Waals surface area contributed by atoms with Gasteiger partial charge in [-0.3, -0.25) is 9.48 Å². The van der Waals surface area contributed by atoms with Crippen molar-refractivity contribution in [1.82, 2.24) is 24.1 Å². The summed E-state index contributed by atoms with van der Waals surface area (Å²) in [5.74, 6) is 0.994. The molecule has 0 atom stereocenters. The number of piperidine rings is 1. The van der Waals surface area contributed by atoms with Crippen LogP contribution in [0.4, 0.5) is 16.2 Å². The molecule has 0 bridgehead atoms. The van der Waals surface area contributed by atoms with E-state index in [-0.39, 0.29) is 18.0 Å². The molecule has 0 spiro atoms. The van der Waals surface area contributed by atoms with Gasteiger partial charge in [0.05, 0.1) is 16.9 Å². The fourth-order valence-electron chi connectivity index (χ4n) is 6.26. The van der Waals surface area contributed by atoms with Crippen LogP contribution in [0.25, 0.3) is 16.6 Å². The smallest absolute Gasteiger partial charge is 0.410 e. The van der Waals surface area contributed by atoms with Crippen LogP contribution in [0, 0.1) is 13.8 Å². The highest BCUT2D eigenvalue weighted by Crippen LogP contribution is 2.34. The third-order valence-corrected chi connectivity index (χ3v) is 8.44. The van der Waals surface area contributed by atoms with Gasteiger partial charge in [0, 0.05) is 68.5 Å². The first-order valence-corrected chi connectivity index (χ1v) is 16.2. The number of hydrogen-bond donors (Lipinski definition) is 1. The predicted octanol–water partition coefficient (Wildman–Crippen LogP) is 7.11. The van der Waals surface area contributed by atoms with E-state index in [0.29, 0.717) is 34.7 Å². The summed E-state index contributed by atoms with van der Waals surface area (Å²) < 4.78 is 15.6. The van der Waals surface area contributed by atoms with Crippen LogP contribution in [0.1, 0.15) is 62.2 Å². The molecular weight excluding hydrogens is 594 g/mol. The zero-order valence-electron chi connectivity index (χ0n) is 28.2. The Morgan fingerprint density at radius 1 is 1.02 bits per heavy atom. The number of anilines is 2. The van der Waals surface area contributed by atoms with Gasteiger partial charge in [0.1, 0.15) is 16.9 Å². The van der Waals surface area contributed by atoms with E-state index in [1.807, 2.05) is 113 Å². The second kappa shape index (κ2) is 12.6. The zero-order valence-corrected chi connectivity index (χ0v) is 28.2. The normalized spacial score (nSPS) is 14.1. The molecule has 1 aliphatic heterocycles. The van der Waals surface area contributed by atoms with E-state index in [2.05, 4.69) is 15.2 Å². The van der Waals surface area contributed by atoms with Crippen molar-refractivity contribution in [3.63, 3.8) is 0 Å². The van der Waals surface area contributed by atoms with Gasteiger partial charge >= 0.3 is 6.09 Å². The van der Waals surface area contributed by atoms with Crippen molar-refractivity contribution >= 4 is 39.9 Å². The van der Waals surface area contributed by atoms with Crippen LogP contribution in [0.15, 0.2) is 61.1 Å². The van der Waals surface area contributed by atoms with Gasteiger partial charge in [-0.1, -0.05) is 18.2 Å². The largest absolute Gasteiger partial charge is 0.453 e. The number of carbonyl (C=O) groups excluding carboxylic acids is 2. The van der Waals surface area contributed by atoms with E-state index in [4.69, 9.17) is 14.6 Å². The third-order valence-electron chi connectivity index (χ3n) is 8.44. The van der Waals surface area contributed by atoms with Crippen LogP contribution in [0.5, 0.6) is 11.5 Å². The topological polar surface area (TPSA) is 106 Å². The molecule has 0 radical (unpaired) electrons. The minimum absolute atomic E-state index is 0.108. The van der Waals surface area contributed by atoms with Gasteiger partial charge in [0.15, 0.2) is 11.4 Å². The number of amides is 2. The maximum atomic E-state index is 13.8. The van der Waals surface area contributed by atoms with Crippen LogP contribution in [0.3, 0.4) is 0 Å². The lowest BCUT2D eigenvalue weighted by molar-refractivity contribution is 0.0149. The average molecular weight is 638 g/mol. The van der Waals surface area contributed by atoms with Gasteiger partial charge in [0.25, 0.3) is 5.91 Å². The molecule has 246 valence electrons. The lowest BCUT2D eigenvalue weighted by atomic mass is 10.0. The first-order chi connectivity index (χ1) is 22.4. The lowest BCUT2D eigenvalue weighted by Gasteiger charge is -2.39. The zero-order chi connectivity index (χ0) is 33.5. The van der Waals surface area contributed by atoms with Crippen LogP contribution >= 0.6 is 0 Å². The standard InChI is InChI=1S/C36H43N7O4/c1-8-43(35(45)47-36(4,5)6)26-15-17-41(18-16-26)29-14-13-27(32-28(29)22-40(7)39-32)34(44)38-25-19-31(33-37-24(3)20-42(33)21-25)46-30-12-10-9-11-23(30)2/h9-14,19-22,26H,8,15-18H2,1-7H3,(H,38,44). The number of rotatable bonds is 7. The van der Waals surface area contributed by atoms with Gasteiger partial charge < -0.3 is 29.0 Å². The monoisotopic (exact) mass is 637 g/mol. The number of aromatic nitrogens is 4. The highest BCUT2D eigenvalue weighted by atomic mass is 16.6. The molecule has 2 aromatic carbocycles. The minimum Gasteiger partial charge on any atom is -0.453 e. The molecule has 1 N–H and O–H groups in total. The van der Waals surface area contributed by atoms with Crippen molar-refractivity contribution in [3.05, 3.63) is 77.9 Å². The Morgan fingerprint density at radius 3 is 2.47 bits per heavy atom. The number of ether oxygens (including phenoxy) is 2. The number of carbonyl (C=O) groups is 2. The van der Waals surface area contributed by atoms with E-state index in [9.17, 15) is 9.59 Å². The van der Waals surface area contributed by atoms with Crippen molar-refractivity contribution in [2.75, 3.05) is 29.9 Å². The summed E-state index contributed by atoms with van der Waals surface area (Å²) in [6, 6.07) is 13.5. The summed E-state index contributed by atoms with van der Waals surface area (Å²) in [4.78, 5) is 35.5. The van der Waals surface area contributed by atoms with Crippen LogP contribution < -0.4 is 15.0 Å². The van der Waals surface area contributed by atoms with Crippen molar-refractivity contribution < 1.29 is 19.1 Å². The fraction of sp³-hybridized carbons (Fsp3) is 0.389. The minimum atomic E-state index is -0.534. The molecule has 3 aromatic heterocycles. The second-order valence-corrected chi connectivity index (χ2v) is 13.2. The summed E-state index contributed by atoms with van der Waals surface area (Å²) in [5.41, 5.74) is 4.66. The molecule has 1 fully saturated rings. The number of imidazole rings is 1. The fourth-order valence-corrected chi connectivity index (χ4v) is 6.26. The van der Waals surface area contributed by atoms with Crippen molar-refractivity contribution in [2.24, 2.45) is 7.05 Å². The highest BCUT2D eigenvalue weighted by molar-refractivity contribution is 6.14. The van der Waals surface area contributed by atoms with Crippen LogP contribution in [-0.2, 0) is 11.8 Å². The molecule has 11 heteroatoms. The number of nitrogens with zero attached hydrogens (tertiary/aromatic N) is 6. The van der Waals surface area contributed by atoms with Crippen molar-refractivity contribution in [1.29, 1.82) is 0 Å². The second-order valence-electron chi connectivity index (χ2n) is 13.2. The quantitative estimate of drug-likeness (QED) is 0.203. The molecule has 1 saturated heterocycles.